The number of para-hydroxylation sites is 1. The topological polar surface area (TPSA) is 49.4 Å². The molecule has 0 atom stereocenters. The van der Waals surface area contributed by atoms with E-state index in [9.17, 15) is 9.59 Å². The summed E-state index contributed by atoms with van der Waals surface area (Å²) >= 11 is 0. The number of hydrogen-bond acceptors (Lipinski definition) is 3. The van der Waals surface area contributed by atoms with Gasteiger partial charge in [0.05, 0.1) is 6.54 Å². The predicted molar refractivity (Wildman–Crippen MR) is 77.2 cm³/mol. The van der Waals surface area contributed by atoms with Gasteiger partial charge < -0.3 is 5.32 Å². The van der Waals surface area contributed by atoms with Crippen LogP contribution in [0.3, 0.4) is 0 Å². The number of carbonyl (C=O) groups excluding carboxylic acids is 2. The Morgan fingerprint density at radius 1 is 1.25 bits per heavy atom. The summed E-state index contributed by atoms with van der Waals surface area (Å²) in [6.45, 7) is 3.32. The van der Waals surface area contributed by atoms with Crippen LogP contribution in [0.1, 0.15) is 37.3 Å². The van der Waals surface area contributed by atoms with Crippen LogP contribution in [0.4, 0.5) is 5.69 Å². The fraction of sp³-hybridized carbons (Fsp3) is 0.500. The maximum Gasteiger partial charge on any atom is 0.229 e. The number of benzene rings is 1. The lowest BCUT2D eigenvalue weighted by atomic mass is 9.95. The lowest BCUT2D eigenvalue weighted by molar-refractivity contribution is -0.150. The molecule has 1 aromatic carbocycles. The summed E-state index contributed by atoms with van der Waals surface area (Å²) in [4.78, 5) is 25.6. The number of fused-ring (bicyclic) bond motifs is 1. The van der Waals surface area contributed by atoms with E-state index in [1.165, 1.54) is 10.5 Å². The summed E-state index contributed by atoms with van der Waals surface area (Å²) in [5, 5.41) is 3.41. The van der Waals surface area contributed by atoms with Gasteiger partial charge in [0.25, 0.3) is 0 Å². The first-order valence-electron chi connectivity index (χ1n) is 7.33. The number of hydrogen-bond donors (Lipinski definition) is 1. The Bertz CT molecular complexity index is 535. The van der Waals surface area contributed by atoms with Crippen LogP contribution in [0, 0.1) is 5.92 Å². The number of rotatable bonds is 2. The van der Waals surface area contributed by atoms with Gasteiger partial charge in [-0.25, -0.2) is 0 Å². The molecule has 1 fully saturated rings. The normalized spacial score (nSPS) is 19.8. The summed E-state index contributed by atoms with van der Waals surface area (Å²) in [6.07, 6.45) is 3.16. The Labute approximate surface area is 119 Å². The molecule has 1 saturated heterocycles. The summed E-state index contributed by atoms with van der Waals surface area (Å²) in [5.74, 6) is 0.0957. The smallest absolute Gasteiger partial charge is 0.229 e. The molecule has 20 heavy (non-hydrogen) atoms. The maximum absolute atomic E-state index is 12.1. The molecule has 0 spiro atoms. The second-order valence-electron chi connectivity index (χ2n) is 5.87. The lowest BCUT2D eigenvalue weighted by Gasteiger charge is -2.30. The highest BCUT2D eigenvalue weighted by Crippen LogP contribution is 2.29. The van der Waals surface area contributed by atoms with Gasteiger partial charge >= 0.3 is 0 Å². The Hall–Kier alpha value is -1.84. The molecule has 2 aliphatic heterocycles. The molecule has 0 saturated carbocycles. The predicted octanol–water partition coefficient (Wildman–Crippen LogP) is 2.33. The zero-order valence-corrected chi connectivity index (χ0v) is 11.8. The van der Waals surface area contributed by atoms with Crippen LogP contribution >= 0.6 is 0 Å². The molecule has 0 radical (unpaired) electrons. The minimum atomic E-state index is -0.0397. The number of carbonyl (C=O) groups is 2. The molecule has 3 rings (SSSR count). The van der Waals surface area contributed by atoms with Gasteiger partial charge in [-0.2, -0.15) is 0 Å². The van der Waals surface area contributed by atoms with Crippen molar-refractivity contribution in [3.05, 3.63) is 29.3 Å². The van der Waals surface area contributed by atoms with Crippen molar-refractivity contribution in [2.75, 3.05) is 11.9 Å². The molecular weight excluding hydrogens is 252 g/mol. The fourth-order valence-corrected chi connectivity index (χ4v) is 3.09. The van der Waals surface area contributed by atoms with E-state index in [-0.39, 0.29) is 17.7 Å². The van der Waals surface area contributed by atoms with E-state index in [1.54, 1.807) is 0 Å². The minimum absolute atomic E-state index is 0.0397. The largest absolute Gasteiger partial charge is 0.385 e. The van der Waals surface area contributed by atoms with Gasteiger partial charge in [-0.3, -0.25) is 14.5 Å². The van der Waals surface area contributed by atoms with E-state index in [4.69, 9.17) is 0 Å². The maximum atomic E-state index is 12.1. The third-order valence-electron chi connectivity index (χ3n) is 4.14. The molecule has 2 amide bonds. The van der Waals surface area contributed by atoms with Crippen molar-refractivity contribution >= 4 is 17.5 Å². The van der Waals surface area contributed by atoms with Gasteiger partial charge in [0.15, 0.2) is 0 Å². The Kier molecular flexibility index (Phi) is 3.47. The van der Waals surface area contributed by atoms with Crippen LogP contribution in [0.2, 0.25) is 0 Å². The molecule has 2 heterocycles. The molecule has 106 valence electrons. The Morgan fingerprint density at radius 2 is 2.00 bits per heavy atom. The van der Waals surface area contributed by atoms with Crippen molar-refractivity contribution in [2.24, 2.45) is 5.92 Å². The van der Waals surface area contributed by atoms with E-state index in [2.05, 4.69) is 11.4 Å². The number of imide groups is 1. The average molecular weight is 272 g/mol. The van der Waals surface area contributed by atoms with Crippen molar-refractivity contribution in [2.45, 2.75) is 39.2 Å². The van der Waals surface area contributed by atoms with Crippen LogP contribution < -0.4 is 5.32 Å². The molecule has 0 aromatic heterocycles. The number of nitrogens with zero attached hydrogens (tertiary/aromatic N) is 1. The zero-order valence-electron chi connectivity index (χ0n) is 11.8. The van der Waals surface area contributed by atoms with Gasteiger partial charge in [0, 0.05) is 25.1 Å². The highest BCUT2D eigenvalue weighted by molar-refractivity contribution is 5.97. The van der Waals surface area contributed by atoms with Crippen molar-refractivity contribution < 1.29 is 9.59 Å². The van der Waals surface area contributed by atoms with Crippen LogP contribution in [-0.4, -0.2) is 23.3 Å². The van der Waals surface area contributed by atoms with E-state index < -0.39 is 0 Å². The molecular formula is C16H20N2O2. The lowest BCUT2D eigenvalue weighted by Crippen LogP contribution is -2.42. The van der Waals surface area contributed by atoms with Crippen LogP contribution in [0.25, 0.3) is 0 Å². The standard InChI is InChI=1S/C16H20N2O2/c1-11-8-14(19)18(15(20)9-11)10-13-5-2-4-12-6-3-7-17-16(12)13/h2,4-5,11,17H,3,6-10H2,1H3. The molecule has 4 nitrogen and oxygen atoms in total. The van der Waals surface area contributed by atoms with Crippen molar-refractivity contribution in [1.82, 2.24) is 4.90 Å². The highest BCUT2D eigenvalue weighted by Gasteiger charge is 2.30. The van der Waals surface area contributed by atoms with Gasteiger partial charge in [0.2, 0.25) is 11.8 Å². The second-order valence-corrected chi connectivity index (χ2v) is 5.87. The molecule has 2 aliphatic rings. The summed E-state index contributed by atoms with van der Waals surface area (Å²) in [6, 6.07) is 6.14. The molecule has 1 N–H and O–H groups in total. The molecule has 0 bridgehead atoms. The highest BCUT2D eigenvalue weighted by atomic mass is 16.2. The molecule has 4 heteroatoms. The number of piperidine rings is 1. The number of nitrogens with one attached hydrogen (secondary N) is 1. The summed E-state index contributed by atoms with van der Waals surface area (Å²) < 4.78 is 0. The monoisotopic (exact) mass is 272 g/mol. The first kappa shape index (κ1) is 13.2. The Balaban J connectivity index is 1.84. The van der Waals surface area contributed by atoms with E-state index >= 15 is 0 Å². The van der Waals surface area contributed by atoms with Gasteiger partial charge in [0.1, 0.15) is 0 Å². The minimum Gasteiger partial charge on any atom is -0.385 e. The third kappa shape index (κ3) is 2.42. The van der Waals surface area contributed by atoms with Crippen LogP contribution in [0.5, 0.6) is 0 Å². The molecule has 0 aliphatic carbocycles. The third-order valence-corrected chi connectivity index (χ3v) is 4.14. The SMILES string of the molecule is CC1CC(=O)N(Cc2cccc3c2NCCC3)C(=O)C1. The fourth-order valence-electron chi connectivity index (χ4n) is 3.09. The number of amides is 2. The van der Waals surface area contributed by atoms with Crippen LogP contribution in [0.15, 0.2) is 18.2 Å². The van der Waals surface area contributed by atoms with Crippen LogP contribution in [-0.2, 0) is 22.6 Å². The number of likely N-dealkylation sites (tertiary alicyclic amines) is 1. The first-order valence-corrected chi connectivity index (χ1v) is 7.33. The molecule has 1 aromatic rings. The molecule has 0 unspecified atom stereocenters. The van der Waals surface area contributed by atoms with Gasteiger partial charge in [-0.1, -0.05) is 25.1 Å². The van der Waals surface area contributed by atoms with Crippen molar-refractivity contribution in [3.63, 3.8) is 0 Å². The number of anilines is 1. The zero-order chi connectivity index (χ0) is 14.1. The van der Waals surface area contributed by atoms with Crippen molar-refractivity contribution in [1.29, 1.82) is 0 Å². The Morgan fingerprint density at radius 3 is 2.75 bits per heavy atom. The van der Waals surface area contributed by atoms with Gasteiger partial charge in [-0.15, -0.1) is 0 Å². The number of aryl methyl sites for hydroxylation is 1. The second kappa shape index (κ2) is 5.27. The van der Waals surface area contributed by atoms with E-state index in [0.717, 1.165) is 30.6 Å². The van der Waals surface area contributed by atoms with Crippen molar-refractivity contribution in [3.8, 4) is 0 Å². The van der Waals surface area contributed by atoms with E-state index in [0.29, 0.717) is 19.4 Å². The van der Waals surface area contributed by atoms with E-state index in [1.807, 2.05) is 19.1 Å². The summed E-state index contributed by atoms with van der Waals surface area (Å²) in [5.41, 5.74) is 3.47. The first-order chi connectivity index (χ1) is 9.65. The van der Waals surface area contributed by atoms with Gasteiger partial charge in [-0.05, 0) is 29.9 Å². The quantitative estimate of drug-likeness (QED) is 0.841. The average Bonchev–Trinajstić information content (AvgIpc) is 2.43. The summed E-state index contributed by atoms with van der Waals surface area (Å²) in [7, 11) is 0.